The van der Waals surface area contributed by atoms with E-state index in [-0.39, 0.29) is 24.7 Å². The highest BCUT2D eigenvalue weighted by molar-refractivity contribution is 9.09. The van der Waals surface area contributed by atoms with Gasteiger partial charge in [-0.05, 0) is 6.92 Å². The largest absolute Gasteiger partial charge is 0.362 e. The van der Waals surface area contributed by atoms with Gasteiger partial charge in [0.1, 0.15) is 6.73 Å². The van der Waals surface area contributed by atoms with E-state index in [2.05, 4.69) is 15.9 Å². The van der Waals surface area contributed by atoms with Gasteiger partial charge in [0.2, 0.25) is 0 Å². The summed E-state index contributed by atoms with van der Waals surface area (Å²) in [5.74, 6) is -0.0959. The highest BCUT2D eigenvalue weighted by Crippen LogP contribution is 2.22. The lowest BCUT2D eigenvalue weighted by Gasteiger charge is -2.12. The number of hydrogen-bond donors (Lipinski definition) is 0. The molecule has 1 fully saturated rings. The van der Waals surface area contributed by atoms with Crippen molar-refractivity contribution in [2.24, 2.45) is 5.92 Å². The van der Waals surface area contributed by atoms with Crippen molar-refractivity contribution in [3.63, 3.8) is 0 Å². The zero-order valence-electron chi connectivity index (χ0n) is 7.12. The van der Waals surface area contributed by atoms with Crippen molar-refractivity contribution in [1.82, 2.24) is 5.06 Å². The molecular formula is C7H12BrNO3. The lowest BCUT2D eigenvalue weighted by atomic mass is 10.1. The Labute approximate surface area is 79.9 Å². The number of carbonyl (C=O) groups is 1. The van der Waals surface area contributed by atoms with Crippen molar-refractivity contribution in [3.05, 3.63) is 0 Å². The second-order valence-electron chi connectivity index (χ2n) is 2.71. The van der Waals surface area contributed by atoms with E-state index in [0.717, 1.165) is 0 Å². The Morgan fingerprint density at radius 1 is 1.75 bits per heavy atom. The topological polar surface area (TPSA) is 38.8 Å². The molecule has 4 nitrogen and oxygen atoms in total. The molecule has 12 heavy (non-hydrogen) atoms. The summed E-state index contributed by atoms with van der Waals surface area (Å²) in [5.41, 5.74) is 0. The fraction of sp³-hybridized carbons (Fsp3) is 0.857. The molecule has 1 saturated heterocycles. The van der Waals surface area contributed by atoms with Gasteiger partial charge in [0.15, 0.2) is 0 Å². The van der Waals surface area contributed by atoms with Crippen LogP contribution in [0.5, 0.6) is 0 Å². The molecule has 0 aliphatic carbocycles. The molecule has 0 saturated carbocycles. The highest BCUT2D eigenvalue weighted by Gasteiger charge is 2.38. The molecular weight excluding hydrogens is 226 g/mol. The van der Waals surface area contributed by atoms with Crippen molar-refractivity contribution < 1.29 is 14.4 Å². The molecule has 0 aromatic rings. The summed E-state index contributed by atoms with van der Waals surface area (Å²) in [4.78, 5) is 16.7. The van der Waals surface area contributed by atoms with E-state index >= 15 is 0 Å². The zero-order valence-corrected chi connectivity index (χ0v) is 8.70. The number of carbonyl (C=O) groups excluding carboxylic acids is 1. The predicted molar refractivity (Wildman–Crippen MR) is 46.6 cm³/mol. The van der Waals surface area contributed by atoms with Crippen LogP contribution in [0.4, 0.5) is 0 Å². The van der Waals surface area contributed by atoms with E-state index in [1.807, 2.05) is 6.92 Å². The minimum absolute atomic E-state index is 0.0128. The Morgan fingerprint density at radius 3 is 2.83 bits per heavy atom. The number of hydrogen-bond acceptors (Lipinski definition) is 3. The normalized spacial score (nSPS) is 29.9. The number of alkyl halides is 1. The van der Waals surface area contributed by atoms with Gasteiger partial charge in [-0.25, -0.2) is 0 Å². The lowest BCUT2D eigenvalue weighted by Crippen LogP contribution is -2.28. The fourth-order valence-electron chi connectivity index (χ4n) is 1.11. The summed E-state index contributed by atoms with van der Waals surface area (Å²) in [6, 6.07) is 0. The summed E-state index contributed by atoms with van der Waals surface area (Å²) in [6.45, 7) is 2.08. The van der Waals surface area contributed by atoms with E-state index in [1.165, 1.54) is 12.2 Å². The number of methoxy groups -OCH3 is 1. The monoisotopic (exact) mass is 237 g/mol. The molecule has 5 heteroatoms. The lowest BCUT2D eigenvalue weighted by molar-refractivity contribution is -0.195. The first-order chi connectivity index (χ1) is 5.70. The summed E-state index contributed by atoms with van der Waals surface area (Å²) in [5, 5.41) is 1.89. The molecule has 0 radical (unpaired) electrons. The quantitative estimate of drug-likeness (QED) is 0.681. The second kappa shape index (κ2) is 4.20. The first-order valence-corrected chi connectivity index (χ1v) is 4.86. The molecule has 0 bridgehead atoms. The minimum atomic E-state index is -0.0832. The van der Waals surface area contributed by atoms with Gasteiger partial charge in [0.05, 0.1) is 12.0 Å². The SMILES string of the molecule is COCN1O[C@@H](C)[C@@H](CBr)C1=O. The van der Waals surface area contributed by atoms with Gasteiger partial charge in [-0.1, -0.05) is 15.9 Å². The molecule has 0 spiro atoms. The number of amides is 1. The highest BCUT2D eigenvalue weighted by atomic mass is 79.9. The Bertz CT molecular complexity index is 176. The molecule has 0 unspecified atom stereocenters. The van der Waals surface area contributed by atoms with E-state index in [1.54, 1.807) is 0 Å². The summed E-state index contributed by atoms with van der Waals surface area (Å²) in [7, 11) is 1.53. The second-order valence-corrected chi connectivity index (χ2v) is 3.35. The van der Waals surface area contributed by atoms with Crippen molar-refractivity contribution in [2.75, 3.05) is 19.2 Å². The van der Waals surface area contributed by atoms with Crippen LogP contribution in [0.1, 0.15) is 6.92 Å². The number of halogens is 1. The standard InChI is InChI=1S/C7H12BrNO3/c1-5-6(3-8)7(10)9(12-5)4-11-2/h5-6H,3-4H2,1-2H3/t5-,6+/m0/s1. The molecule has 0 aromatic carbocycles. The first kappa shape index (κ1) is 9.95. The van der Waals surface area contributed by atoms with Gasteiger partial charge in [-0.2, -0.15) is 5.06 Å². The third-order valence-electron chi connectivity index (χ3n) is 1.84. The minimum Gasteiger partial charge on any atom is -0.362 e. The molecule has 1 rings (SSSR count). The van der Waals surface area contributed by atoms with Gasteiger partial charge in [-0.3, -0.25) is 9.63 Å². The predicted octanol–water partition coefficient (Wildman–Crippen LogP) is 0.764. The molecule has 0 aromatic heterocycles. The molecule has 70 valence electrons. The molecule has 1 heterocycles. The molecule has 1 aliphatic rings. The maximum absolute atomic E-state index is 11.4. The maximum atomic E-state index is 11.4. The van der Waals surface area contributed by atoms with Crippen LogP contribution in [-0.2, 0) is 14.4 Å². The van der Waals surface area contributed by atoms with Crippen LogP contribution in [0, 0.1) is 5.92 Å². The van der Waals surface area contributed by atoms with Crippen molar-refractivity contribution in [3.8, 4) is 0 Å². The molecule has 1 aliphatic heterocycles. The fourth-order valence-corrected chi connectivity index (χ4v) is 1.92. The summed E-state index contributed by atoms with van der Waals surface area (Å²) < 4.78 is 4.80. The van der Waals surface area contributed by atoms with Gasteiger partial charge < -0.3 is 4.74 Å². The van der Waals surface area contributed by atoms with Crippen LogP contribution < -0.4 is 0 Å². The van der Waals surface area contributed by atoms with Gasteiger partial charge in [0, 0.05) is 12.4 Å². The molecule has 0 N–H and O–H groups in total. The third kappa shape index (κ3) is 1.78. The smallest absolute Gasteiger partial charge is 0.255 e. The number of rotatable bonds is 3. The molecule has 2 atom stereocenters. The van der Waals surface area contributed by atoms with Crippen LogP contribution in [0.2, 0.25) is 0 Å². The Balaban J connectivity index is 2.56. The van der Waals surface area contributed by atoms with Crippen molar-refractivity contribution >= 4 is 21.8 Å². The summed E-state index contributed by atoms with van der Waals surface area (Å²) >= 11 is 3.27. The zero-order chi connectivity index (χ0) is 9.14. The average molecular weight is 238 g/mol. The van der Waals surface area contributed by atoms with Crippen LogP contribution in [0.15, 0.2) is 0 Å². The Morgan fingerprint density at radius 2 is 2.42 bits per heavy atom. The van der Waals surface area contributed by atoms with Gasteiger partial charge in [-0.15, -0.1) is 0 Å². The van der Waals surface area contributed by atoms with Crippen LogP contribution in [0.25, 0.3) is 0 Å². The van der Waals surface area contributed by atoms with Crippen LogP contribution >= 0.6 is 15.9 Å². The third-order valence-corrected chi connectivity index (χ3v) is 2.53. The van der Waals surface area contributed by atoms with Crippen LogP contribution in [0.3, 0.4) is 0 Å². The van der Waals surface area contributed by atoms with Crippen molar-refractivity contribution in [1.29, 1.82) is 0 Å². The van der Waals surface area contributed by atoms with Crippen molar-refractivity contribution in [2.45, 2.75) is 13.0 Å². The Kier molecular flexibility index (Phi) is 3.49. The van der Waals surface area contributed by atoms with E-state index in [4.69, 9.17) is 9.57 Å². The number of ether oxygens (including phenoxy) is 1. The number of nitrogens with zero attached hydrogens (tertiary/aromatic N) is 1. The van der Waals surface area contributed by atoms with Gasteiger partial charge in [0.25, 0.3) is 5.91 Å². The molecule has 1 amide bonds. The average Bonchev–Trinajstić information content (AvgIpc) is 2.29. The maximum Gasteiger partial charge on any atom is 0.255 e. The Hall–Kier alpha value is -0.130. The van der Waals surface area contributed by atoms with E-state index in [9.17, 15) is 4.79 Å². The van der Waals surface area contributed by atoms with Crippen LogP contribution in [-0.4, -0.2) is 36.2 Å². The first-order valence-electron chi connectivity index (χ1n) is 3.73. The van der Waals surface area contributed by atoms with Gasteiger partial charge >= 0.3 is 0 Å². The number of hydroxylamine groups is 2. The van der Waals surface area contributed by atoms with E-state index < -0.39 is 0 Å². The summed E-state index contributed by atoms with van der Waals surface area (Å²) in [6.07, 6.45) is -0.0629. The van der Waals surface area contributed by atoms with E-state index in [0.29, 0.717) is 5.33 Å².